The minimum atomic E-state index is -0.967. The van der Waals surface area contributed by atoms with E-state index in [0.717, 1.165) is 27.3 Å². The van der Waals surface area contributed by atoms with E-state index in [0.29, 0.717) is 24.5 Å². The number of ether oxygens (including phenoxy) is 1. The molecule has 2 rings (SSSR count). The number of amides is 5. The van der Waals surface area contributed by atoms with Crippen LogP contribution in [-0.4, -0.2) is 59.8 Å². The van der Waals surface area contributed by atoms with Gasteiger partial charge in [0.25, 0.3) is 0 Å². The molecule has 0 radical (unpaired) electrons. The van der Waals surface area contributed by atoms with E-state index in [1.807, 2.05) is 26.8 Å². The Hall–Kier alpha value is -2.90. The first-order chi connectivity index (χ1) is 12.8. The molecule has 1 N–H and O–H groups in total. The molecular weight excluding hydrogens is 350 g/mol. The summed E-state index contributed by atoms with van der Waals surface area (Å²) in [5.41, 5.74) is 3.37. The molecule has 27 heavy (non-hydrogen) atoms. The van der Waals surface area contributed by atoms with Crippen molar-refractivity contribution in [2.45, 2.75) is 34.1 Å². The molecule has 0 unspecified atom stereocenters. The minimum absolute atomic E-state index is 0.0940. The van der Waals surface area contributed by atoms with Gasteiger partial charge < -0.3 is 10.1 Å². The average Bonchev–Trinajstić information content (AvgIpc) is 2.81. The van der Waals surface area contributed by atoms with Crippen LogP contribution >= 0.6 is 0 Å². The number of imide groups is 2. The largest absolute Gasteiger partial charge is 0.493 e. The van der Waals surface area contributed by atoms with Crippen molar-refractivity contribution >= 4 is 23.8 Å². The fourth-order valence-electron chi connectivity index (χ4n) is 2.80. The Labute approximate surface area is 158 Å². The van der Waals surface area contributed by atoms with Gasteiger partial charge in [-0.3, -0.25) is 19.3 Å². The zero-order chi connectivity index (χ0) is 20.1. The summed E-state index contributed by atoms with van der Waals surface area (Å²) in [6.07, 6.45) is 0.570. The third-order valence-electron chi connectivity index (χ3n) is 4.42. The van der Waals surface area contributed by atoms with Crippen molar-refractivity contribution in [2.24, 2.45) is 0 Å². The maximum atomic E-state index is 11.9. The Bertz CT molecular complexity index is 775. The van der Waals surface area contributed by atoms with Crippen LogP contribution in [0.25, 0.3) is 0 Å². The zero-order valence-corrected chi connectivity index (χ0v) is 16.1. The summed E-state index contributed by atoms with van der Waals surface area (Å²) in [5.74, 6) is -1.53. The Kier molecular flexibility index (Phi) is 6.55. The van der Waals surface area contributed by atoms with E-state index in [1.165, 1.54) is 0 Å². The van der Waals surface area contributed by atoms with Gasteiger partial charge in [0, 0.05) is 13.1 Å². The molecule has 1 heterocycles. The molecule has 0 saturated carbocycles. The molecule has 0 spiro atoms. The normalized spacial score (nSPS) is 14.1. The molecule has 0 aliphatic carbocycles. The maximum absolute atomic E-state index is 11.9. The third-order valence-corrected chi connectivity index (χ3v) is 4.42. The van der Waals surface area contributed by atoms with Gasteiger partial charge in [0.15, 0.2) is 0 Å². The lowest BCUT2D eigenvalue weighted by Gasteiger charge is -2.14. The molecule has 8 nitrogen and oxygen atoms in total. The Morgan fingerprint density at radius 1 is 1.07 bits per heavy atom. The number of carbonyl (C=O) groups excluding carboxylic acids is 4. The molecule has 1 saturated heterocycles. The van der Waals surface area contributed by atoms with Crippen molar-refractivity contribution in [2.75, 3.05) is 26.2 Å². The number of nitrogens with zero attached hydrogens (tertiary/aromatic N) is 2. The highest BCUT2D eigenvalue weighted by atomic mass is 16.5. The van der Waals surface area contributed by atoms with Crippen molar-refractivity contribution in [3.63, 3.8) is 0 Å². The van der Waals surface area contributed by atoms with Crippen LogP contribution < -0.4 is 10.1 Å². The molecule has 8 heteroatoms. The molecule has 0 atom stereocenters. The number of benzene rings is 1. The number of urea groups is 1. The van der Waals surface area contributed by atoms with Crippen LogP contribution in [0.4, 0.5) is 4.79 Å². The zero-order valence-electron chi connectivity index (χ0n) is 16.1. The van der Waals surface area contributed by atoms with Crippen LogP contribution in [0.2, 0.25) is 0 Å². The lowest BCUT2D eigenvalue weighted by Crippen LogP contribution is -2.41. The Balaban J connectivity index is 1.75. The Morgan fingerprint density at radius 2 is 1.74 bits per heavy atom. The van der Waals surface area contributed by atoms with E-state index >= 15 is 0 Å². The standard InChI is InChI=1S/C19H25N3O5/c1-5-21-17(24)18(25)22(19(21)26)11-16(23)20-7-6-8-27-15-10-12(2)9-13(3)14(15)4/h9-10H,5-8,11H2,1-4H3,(H,20,23). The van der Waals surface area contributed by atoms with E-state index in [9.17, 15) is 19.2 Å². The number of aryl methyl sites for hydroxylation is 2. The fraction of sp³-hybridized carbons (Fsp3) is 0.474. The van der Waals surface area contributed by atoms with Crippen molar-refractivity contribution < 1.29 is 23.9 Å². The number of carbonyl (C=O) groups is 4. The molecule has 0 aromatic heterocycles. The van der Waals surface area contributed by atoms with Gasteiger partial charge in [-0.05, 0) is 56.9 Å². The lowest BCUT2D eigenvalue weighted by molar-refractivity contribution is -0.143. The van der Waals surface area contributed by atoms with E-state index in [-0.39, 0.29) is 6.54 Å². The van der Waals surface area contributed by atoms with Gasteiger partial charge in [0.2, 0.25) is 5.91 Å². The first-order valence-corrected chi connectivity index (χ1v) is 8.91. The van der Waals surface area contributed by atoms with Gasteiger partial charge in [-0.1, -0.05) is 6.07 Å². The molecule has 5 amide bonds. The minimum Gasteiger partial charge on any atom is -0.493 e. The second-order valence-corrected chi connectivity index (χ2v) is 6.48. The molecule has 1 aromatic rings. The fourth-order valence-corrected chi connectivity index (χ4v) is 2.80. The predicted octanol–water partition coefficient (Wildman–Crippen LogP) is 1.31. The first kappa shape index (κ1) is 20.4. The van der Waals surface area contributed by atoms with Crippen LogP contribution in [-0.2, 0) is 14.4 Å². The van der Waals surface area contributed by atoms with E-state index in [2.05, 4.69) is 11.4 Å². The number of hydrogen-bond donors (Lipinski definition) is 1. The summed E-state index contributed by atoms with van der Waals surface area (Å²) >= 11 is 0. The molecule has 1 aromatic carbocycles. The van der Waals surface area contributed by atoms with Crippen molar-refractivity contribution in [3.8, 4) is 5.75 Å². The predicted molar refractivity (Wildman–Crippen MR) is 98.3 cm³/mol. The molecule has 1 aliphatic heterocycles. The monoisotopic (exact) mass is 375 g/mol. The van der Waals surface area contributed by atoms with Crippen LogP contribution in [0, 0.1) is 20.8 Å². The van der Waals surface area contributed by atoms with Gasteiger partial charge in [-0.25, -0.2) is 9.69 Å². The highest BCUT2D eigenvalue weighted by Crippen LogP contribution is 2.23. The topological polar surface area (TPSA) is 96.0 Å². The third kappa shape index (κ3) is 4.64. The van der Waals surface area contributed by atoms with Crippen molar-refractivity contribution in [1.82, 2.24) is 15.1 Å². The van der Waals surface area contributed by atoms with Crippen molar-refractivity contribution in [1.29, 1.82) is 0 Å². The molecular formula is C19H25N3O5. The van der Waals surface area contributed by atoms with Crippen LogP contribution in [0.5, 0.6) is 5.75 Å². The number of likely N-dealkylation sites (N-methyl/N-ethyl adjacent to an activating group) is 1. The van der Waals surface area contributed by atoms with Gasteiger partial charge in [-0.15, -0.1) is 0 Å². The van der Waals surface area contributed by atoms with E-state index in [4.69, 9.17) is 4.74 Å². The highest BCUT2D eigenvalue weighted by molar-refractivity contribution is 6.45. The van der Waals surface area contributed by atoms with Crippen LogP contribution in [0.3, 0.4) is 0 Å². The molecule has 1 aliphatic rings. The van der Waals surface area contributed by atoms with E-state index < -0.39 is 30.3 Å². The summed E-state index contributed by atoms with van der Waals surface area (Å²) in [4.78, 5) is 48.7. The summed E-state index contributed by atoms with van der Waals surface area (Å²) in [7, 11) is 0. The summed E-state index contributed by atoms with van der Waals surface area (Å²) in [5, 5.41) is 2.63. The second-order valence-electron chi connectivity index (χ2n) is 6.48. The number of rotatable bonds is 8. The van der Waals surface area contributed by atoms with E-state index in [1.54, 1.807) is 6.92 Å². The van der Waals surface area contributed by atoms with Crippen LogP contribution in [0.1, 0.15) is 30.0 Å². The smallest absolute Gasteiger partial charge is 0.334 e. The first-order valence-electron chi connectivity index (χ1n) is 8.91. The summed E-state index contributed by atoms with van der Waals surface area (Å²) in [6.45, 7) is 8.01. The average molecular weight is 375 g/mol. The summed E-state index contributed by atoms with van der Waals surface area (Å²) < 4.78 is 5.77. The Morgan fingerprint density at radius 3 is 2.37 bits per heavy atom. The van der Waals surface area contributed by atoms with Gasteiger partial charge in [-0.2, -0.15) is 0 Å². The molecule has 1 fully saturated rings. The summed E-state index contributed by atoms with van der Waals surface area (Å²) in [6, 6.07) is 3.31. The SMILES string of the molecule is CCN1C(=O)C(=O)N(CC(=O)NCCCOc2cc(C)cc(C)c2C)C1=O. The second kappa shape index (κ2) is 8.66. The highest BCUT2D eigenvalue weighted by Gasteiger charge is 2.44. The van der Waals surface area contributed by atoms with Gasteiger partial charge in [0.1, 0.15) is 12.3 Å². The van der Waals surface area contributed by atoms with Crippen molar-refractivity contribution in [3.05, 3.63) is 28.8 Å². The quantitative estimate of drug-likeness (QED) is 0.420. The molecule has 0 bridgehead atoms. The van der Waals surface area contributed by atoms with Crippen LogP contribution in [0.15, 0.2) is 12.1 Å². The lowest BCUT2D eigenvalue weighted by atomic mass is 10.1. The van der Waals surface area contributed by atoms with Gasteiger partial charge >= 0.3 is 17.8 Å². The van der Waals surface area contributed by atoms with Gasteiger partial charge in [0.05, 0.1) is 6.61 Å². The maximum Gasteiger partial charge on any atom is 0.334 e. The number of hydrogen-bond acceptors (Lipinski definition) is 5. The number of nitrogens with one attached hydrogen (secondary N) is 1. The molecule has 146 valence electrons.